The van der Waals surface area contributed by atoms with Gasteiger partial charge in [-0.05, 0) is 29.5 Å². The Labute approximate surface area is 189 Å². The van der Waals surface area contributed by atoms with Crippen molar-refractivity contribution in [1.29, 1.82) is 0 Å². The lowest BCUT2D eigenvalue weighted by Crippen LogP contribution is -2.30. The molecule has 1 atom stereocenters. The number of aliphatic hydroxyl groups excluding tert-OH is 1. The fourth-order valence-corrected chi connectivity index (χ4v) is 2.47. The molecule has 0 fully saturated rings. The molecular weight excluding hydrogens is 382 g/mol. The van der Waals surface area contributed by atoms with Gasteiger partial charge in [0.25, 0.3) is 0 Å². The summed E-state index contributed by atoms with van der Waals surface area (Å²) >= 11 is 0. The molecule has 1 amide bonds. The molecule has 0 saturated heterocycles. The van der Waals surface area contributed by atoms with Crippen LogP contribution >= 0.6 is 0 Å². The third kappa shape index (κ3) is 13.1. The van der Waals surface area contributed by atoms with E-state index in [1.165, 1.54) is 11.1 Å². The predicted octanol–water partition coefficient (Wildman–Crippen LogP) is 6.07. The first-order chi connectivity index (χ1) is 14.6. The summed E-state index contributed by atoms with van der Waals surface area (Å²) in [6, 6.07) is 30.6. The van der Waals surface area contributed by atoms with Crippen LogP contribution in [0.5, 0.6) is 0 Å². The van der Waals surface area contributed by atoms with E-state index in [1.807, 2.05) is 42.5 Å². The van der Waals surface area contributed by atoms with Crippen molar-refractivity contribution in [1.82, 2.24) is 5.32 Å². The van der Waals surface area contributed by atoms with Gasteiger partial charge in [-0.1, -0.05) is 119 Å². The monoisotopic (exact) mass is 421 g/mol. The zero-order chi connectivity index (χ0) is 22.0. The van der Waals surface area contributed by atoms with Crippen LogP contribution < -0.4 is 5.32 Å². The highest BCUT2D eigenvalue weighted by atomic mass is 16.3. The summed E-state index contributed by atoms with van der Waals surface area (Å²) in [6.45, 7) is 6.43. The maximum absolute atomic E-state index is 11.3. The molecule has 0 bridgehead atoms. The van der Waals surface area contributed by atoms with Crippen LogP contribution in [-0.2, 0) is 24.2 Å². The first kappa shape index (κ1) is 28.1. The van der Waals surface area contributed by atoms with E-state index in [0.717, 1.165) is 18.4 Å². The highest BCUT2D eigenvalue weighted by Gasteiger charge is 2.09. The number of carbonyl (C=O) groups is 1. The summed E-state index contributed by atoms with van der Waals surface area (Å²) in [5.74, 6) is -0.449. The molecule has 31 heavy (non-hydrogen) atoms. The van der Waals surface area contributed by atoms with Crippen molar-refractivity contribution in [2.45, 2.75) is 47.6 Å². The molecule has 0 aliphatic rings. The quantitative estimate of drug-likeness (QED) is 0.508. The van der Waals surface area contributed by atoms with Crippen LogP contribution in [0.15, 0.2) is 91.0 Å². The van der Waals surface area contributed by atoms with Crippen LogP contribution in [-0.4, -0.2) is 17.6 Å². The summed E-state index contributed by atoms with van der Waals surface area (Å²) in [7, 11) is 0. The van der Waals surface area contributed by atoms with Crippen molar-refractivity contribution in [2.24, 2.45) is 5.92 Å². The summed E-state index contributed by atoms with van der Waals surface area (Å²) in [4.78, 5) is 11.3. The number of amides is 1. The number of aryl methyl sites for hydroxylation is 2. The number of hydrogen-bond acceptors (Lipinski definition) is 2. The Bertz CT molecular complexity index is 750. The van der Waals surface area contributed by atoms with Gasteiger partial charge in [0.05, 0.1) is 12.5 Å². The van der Waals surface area contributed by atoms with Crippen LogP contribution in [0.1, 0.15) is 44.9 Å². The zero-order valence-electron chi connectivity index (χ0n) is 18.4. The van der Waals surface area contributed by atoms with E-state index in [-0.39, 0.29) is 25.9 Å². The fraction of sp³-hybridized carbons (Fsp3) is 0.321. The van der Waals surface area contributed by atoms with Crippen molar-refractivity contribution >= 4 is 5.91 Å². The number of carbonyl (C=O) groups excluding carboxylic acids is 1. The Balaban J connectivity index is 0.000000456. The van der Waals surface area contributed by atoms with Gasteiger partial charge in [-0.15, -0.1) is 0 Å². The highest BCUT2D eigenvalue weighted by molar-refractivity contribution is 5.78. The predicted molar refractivity (Wildman–Crippen MR) is 133 cm³/mol. The van der Waals surface area contributed by atoms with Gasteiger partial charge in [0.1, 0.15) is 0 Å². The summed E-state index contributed by atoms with van der Waals surface area (Å²) in [6.07, 6.45) is 2.28. The number of nitrogens with one attached hydrogen (secondary N) is 1. The Kier molecular flexibility index (Phi) is 16.2. The molecule has 3 nitrogen and oxygen atoms in total. The maximum atomic E-state index is 11.3. The van der Waals surface area contributed by atoms with Crippen LogP contribution in [0.4, 0.5) is 0 Å². The molecular formula is C28H39NO2. The minimum absolute atomic E-state index is 0. The molecule has 2 N–H and O–H groups in total. The first-order valence-corrected chi connectivity index (χ1v) is 10.6. The summed E-state index contributed by atoms with van der Waals surface area (Å²) < 4.78 is 0. The normalized spacial score (nSPS) is 10.2. The van der Waals surface area contributed by atoms with Crippen LogP contribution in [0.3, 0.4) is 0 Å². The minimum Gasteiger partial charge on any atom is -0.396 e. The molecule has 0 aliphatic carbocycles. The minimum atomic E-state index is -0.335. The second-order valence-electron chi connectivity index (χ2n) is 6.97. The van der Waals surface area contributed by atoms with E-state index in [4.69, 9.17) is 5.11 Å². The average molecular weight is 422 g/mol. The van der Waals surface area contributed by atoms with Crippen molar-refractivity contribution < 1.29 is 9.90 Å². The van der Waals surface area contributed by atoms with Gasteiger partial charge < -0.3 is 10.4 Å². The molecule has 0 aliphatic heterocycles. The molecule has 0 heterocycles. The Hall–Kier alpha value is -2.91. The van der Waals surface area contributed by atoms with Crippen LogP contribution in [0.25, 0.3) is 0 Å². The van der Waals surface area contributed by atoms with Crippen LogP contribution in [0, 0.1) is 5.92 Å². The molecule has 0 radical (unpaired) electrons. The smallest absolute Gasteiger partial charge is 0.225 e. The molecule has 0 aromatic heterocycles. The van der Waals surface area contributed by atoms with Gasteiger partial charge in [0, 0.05) is 6.54 Å². The third-order valence-electron chi connectivity index (χ3n) is 4.53. The lowest BCUT2D eigenvalue weighted by atomic mass is 10.1. The fourth-order valence-electron chi connectivity index (χ4n) is 2.47. The van der Waals surface area contributed by atoms with Crippen LogP contribution in [0.2, 0.25) is 0 Å². The zero-order valence-corrected chi connectivity index (χ0v) is 18.4. The first-order valence-electron chi connectivity index (χ1n) is 10.6. The van der Waals surface area contributed by atoms with Crippen molar-refractivity contribution in [3.8, 4) is 0 Å². The topological polar surface area (TPSA) is 49.3 Å². The van der Waals surface area contributed by atoms with Crippen molar-refractivity contribution in [2.75, 3.05) is 6.61 Å². The molecule has 0 saturated carbocycles. The van der Waals surface area contributed by atoms with E-state index < -0.39 is 0 Å². The maximum Gasteiger partial charge on any atom is 0.225 e. The van der Waals surface area contributed by atoms with Gasteiger partial charge in [-0.2, -0.15) is 0 Å². The molecule has 0 spiro atoms. The molecule has 3 aromatic rings. The van der Waals surface area contributed by atoms with Gasteiger partial charge in [0.2, 0.25) is 5.91 Å². The molecule has 3 rings (SSSR count). The Morgan fingerprint density at radius 1 is 0.742 bits per heavy atom. The Morgan fingerprint density at radius 3 is 1.39 bits per heavy atom. The molecule has 168 valence electrons. The average Bonchev–Trinajstić information content (AvgIpc) is 2.84. The SMILES string of the molecule is C.CC(CO)C(=O)NCc1ccccc1.CCc1ccccc1.CCc1ccccc1. The summed E-state index contributed by atoms with van der Waals surface area (Å²) in [5.41, 5.74) is 3.88. The molecule has 3 aromatic carbocycles. The van der Waals surface area contributed by atoms with E-state index >= 15 is 0 Å². The number of benzene rings is 3. The number of rotatable bonds is 6. The van der Waals surface area contributed by atoms with Gasteiger partial charge in [-0.25, -0.2) is 0 Å². The highest BCUT2D eigenvalue weighted by Crippen LogP contribution is 1.99. The third-order valence-corrected chi connectivity index (χ3v) is 4.53. The van der Waals surface area contributed by atoms with E-state index in [2.05, 4.69) is 67.7 Å². The van der Waals surface area contributed by atoms with Gasteiger partial charge in [-0.3, -0.25) is 4.79 Å². The molecule has 3 heteroatoms. The van der Waals surface area contributed by atoms with Crippen molar-refractivity contribution in [3.05, 3.63) is 108 Å². The Morgan fingerprint density at radius 2 is 1.10 bits per heavy atom. The van der Waals surface area contributed by atoms with Crippen molar-refractivity contribution in [3.63, 3.8) is 0 Å². The van der Waals surface area contributed by atoms with Gasteiger partial charge in [0.15, 0.2) is 0 Å². The summed E-state index contributed by atoms with van der Waals surface area (Å²) in [5, 5.41) is 11.5. The van der Waals surface area contributed by atoms with Gasteiger partial charge >= 0.3 is 0 Å². The lowest BCUT2D eigenvalue weighted by Gasteiger charge is -2.09. The van der Waals surface area contributed by atoms with E-state index in [9.17, 15) is 4.79 Å². The number of aliphatic hydroxyl groups is 1. The van der Waals surface area contributed by atoms with E-state index in [1.54, 1.807) is 6.92 Å². The molecule has 1 unspecified atom stereocenters. The lowest BCUT2D eigenvalue weighted by molar-refractivity contribution is -0.125. The number of hydrogen-bond donors (Lipinski definition) is 2. The van der Waals surface area contributed by atoms with E-state index in [0.29, 0.717) is 6.54 Å². The largest absolute Gasteiger partial charge is 0.396 e. The second-order valence-corrected chi connectivity index (χ2v) is 6.97. The standard InChI is InChI=1S/C11H15NO2.2C8H10.CH4/c1-9(8-13)11(14)12-7-10-5-3-2-4-6-10;2*1-2-8-6-4-3-5-7-8;/h2-6,9,13H,7-8H2,1H3,(H,12,14);2*3-7H,2H2,1H3;1H4. The second kappa shape index (κ2) is 17.9.